The van der Waals surface area contributed by atoms with E-state index in [1.807, 2.05) is 0 Å². The topological polar surface area (TPSA) is 84.9 Å². The first kappa shape index (κ1) is 18.4. The fourth-order valence-corrected chi connectivity index (χ4v) is 2.98. The van der Waals surface area contributed by atoms with Gasteiger partial charge in [0.2, 0.25) is 5.91 Å². The van der Waals surface area contributed by atoms with Gasteiger partial charge in [-0.1, -0.05) is 24.3 Å². The molecule has 0 bridgehead atoms. The van der Waals surface area contributed by atoms with Crippen molar-refractivity contribution in [3.05, 3.63) is 54.1 Å². The molecule has 7 heteroatoms. The van der Waals surface area contributed by atoms with Crippen LogP contribution < -0.4 is 15.0 Å². The highest BCUT2D eigenvalue weighted by Gasteiger charge is 2.43. The van der Waals surface area contributed by atoms with E-state index in [0.717, 1.165) is 0 Å². The van der Waals surface area contributed by atoms with Crippen LogP contribution in [0.15, 0.2) is 48.5 Å². The van der Waals surface area contributed by atoms with E-state index in [4.69, 9.17) is 9.47 Å². The highest BCUT2D eigenvalue weighted by atomic mass is 16.5. The Morgan fingerprint density at radius 2 is 1.74 bits per heavy atom. The van der Waals surface area contributed by atoms with Crippen LogP contribution in [0.1, 0.15) is 24.2 Å². The van der Waals surface area contributed by atoms with Crippen molar-refractivity contribution < 1.29 is 23.9 Å². The molecule has 0 fully saturated rings. The summed E-state index contributed by atoms with van der Waals surface area (Å²) in [6, 6.07) is 13.6. The molecule has 0 aromatic heterocycles. The summed E-state index contributed by atoms with van der Waals surface area (Å²) in [5.74, 6) is -1.12. The Hall–Kier alpha value is -3.35. The third-order valence-corrected chi connectivity index (χ3v) is 4.41. The lowest BCUT2D eigenvalue weighted by Crippen LogP contribution is -2.59. The van der Waals surface area contributed by atoms with E-state index in [1.165, 1.54) is 12.0 Å². The predicted molar refractivity (Wildman–Crippen MR) is 99.9 cm³/mol. The number of esters is 1. The maximum Gasteiger partial charge on any atom is 0.342 e. The highest BCUT2D eigenvalue weighted by Crippen LogP contribution is 2.36. The standard InChI is InChI=1S/C20H20N2O5/c1-20(2)19(25)21-14-9-5-6-10-15(14)22(20)17(23)12-27-18(24)13-8-4-7-11-16(13)26-3/h4-11H,12H2,1-3H3,(H,21,25). The molecule has 2 aromatic rings. The van der Waals surface area contributed by atoms with E-state index in [9.17, 15) is 14.4 Å². The molecule has 1 N–H and O–H groups in total. The van der Waals surface area contributed by atoms with Crippen LogP contribution in [0, 0.1) is 0 Å². The van der Waals surface area contributed by atoms with Crippen molar-refractivity contribution in [3.8, 4) is 5.75 Å². The monoisotopic (exact) mass is 368 g/mol. The van der Waals surface area contributed by atoms with Crippen molar-refractivity contribution in [2.45, 2.75) is 19.4 Å². The molecule has 0 saturated heterocycles. The van der Waals surface area contributed by atoms with Crippen molar-refractivity contribution in [3.63, 3.8) is 0 Å². The van der Waals surface area contributed by atoms with Gasteiger partial charge in [0.25, 0.3) is 5.91 Å². The first-order valence-corrected chi connectivity index (χ1v) is 8.40. The van der Waals surface area contributed by atoms with Crippen LogP contribution in [0.3, 0.4) is 0 Å². The number of benzene rings is 2. The fraction of sp³-hybridized carbons (Fsp3) is 0.250. The predicted octanol–water partition coefficient (Wildman–Crippen LogP) is 2.62. The molecule has 2 amide bonds. The van der Waals surface area contributed by atoms with Crippen LogP contribution in [0.5, 0.6) is 5.75 Å². The minimum absolute atomic E-state index is 0.226. The van der Waals surface area contributed by atoms with E-state index in [0.29, 0.717) is 17.1 Å². The van der Waals surface area contributed by atoms with E-state index in [-0.39, 0.29) is 11.5 Å². The quantitative estimate of drug-likeness (QED) is 0.839. The lowest BCUT2D eigenvalue weighted by Gasteiger charge is -2.41. The SMILES string of the molecule is COc1ccccc1C(=O)OCC(=O)N1c2ccccc2NC(=O)C1(C)C. The van der Waals surface area contributed by atoms with Crippen molar-refractivity contribution in [2.75, 3.05) is 23.9 Å². The van der Waals surface area contributed by atoms with Crippen LogP contribution in [0.25, 0.3) is 0 Å². The average molecular weight is 368 g/mol. The van der Waals surface area contributed by atoms with Gasteiger partial charge in [-0.3, -0.25) is 14.5 Å². The van der Waals surface area contributed by atoms with Crippen LogP contribution in [0.4, 0.5) is 11.4 Å². The number of fused-ring (bicyclic) bond motifs is 1. The molecule has 0 atom stereocenters. The molecule has 1 heterocycles. The molecule has 0 radical (unpaired) electrons. The second kappa shape index (κ2) is 7.11. The molecule has 0 spiro atoms. The Kier molecular flexibility index (Phi) is 4.85. The zero-order valence-electron chi connectivity index (χ0n) is 15.3. The number of carbonyl (C=O) groups excluding carboxylic acids is 3. The van der Waals surface area contributed by atoms with Crippen LogP contribution in [-0.4, -0.2) is 37.0 Å². The van der Waals surface area contributed by atoms with Gasteiger partial charge in [0.15, 0.2) is 6.61 Å². The van der Waals surface area contributed by atoms with Gasteiger partial charge in [0.05, 0.1) is 18.5 Å². The lowest BCUT2D eigenvalue weighted by molar-refractivity contribution is -0.128. The molecule has 0 aliphatic carbocycles. The summed E-state index contributed by atoms with van der Waals surface area (Å²) in [4.78, 5) is 38.9. The summed E-state index contributed by atoms with van der Waals surface area (Å²) in [6.45, 7) is 2.78. The minimum atomic E-state index is -1.12. The molecule has 2 aromatic carbocycles. The summed E-state index contributed by atoms with van der Waals surface area (Å²) in [5, 5.41) is 2.78. The maximum atomic E-state index is 12.8. The Morgan fingerprint density at radius 3 is 2.48 bits per heavy atom. The number of rotatable bonds is 4. The normalized spacial score (nSPS) is 14.8. The second-order valence-electron chi connectivity index (χ2n) is 6.54. The van der Waals surface area contributed by atoms with E-state index in [2.05, 4.69) is 5.32 Å². The number of methoxy groups -OCH3 is 1. The molecule has 0 unspecified atom stereocenters. The Balaban J connectivity index is 1.81. The minimum Gasteiger partial charge on any atom is -0.496 e. The summed E-state index contributed by atoms with van der Waals surface area (Å²) >= 11 is 0. The maximum absolute atomic E-state index is 12.8. The number of anilines is 2. The molecule has 0 saturated carbocycles. The molecular formula is C20H20N2O5. The fourth-order valence-electron chi connectivity index (χ4n) is 2.98. The van der Waals surface area contributed by atoms with Gasteiger partial charge in [-0.2, -0.15) is 0 Å². The number of amides is 2. The van der Waals surface area contributed by atoms with Crippen LogP contribution in [0.2, 0.25) is 0 Å². The number of nitrogens with one attached hydrogen (secondary N) is 1. The number of hydrogen-bond acceptors (Lipinski definition) is 5. The van der Waals surface area contributed by atoms with Gasteiger partial charge in [0, 0.05) is 0 Å². The zero-order chi connectivity index (χ0) is 19.6. The van der Waals surface area contributed by atoms with E-state index in [1.54, 1.807) is 62.4 Å². The molecule has 3 rings (SSSR count). The van der Waals surface area contributed by atoms with Crippen LogP contribution in [-0.2, 0) is 14.3 Å². The molecular weight excluding hydrogens is 348 g/mol. The second-order valence-corrected chi connectivity index (χ2v) is 6.54. The number of nitrogens with zero attached hydrogens (tertiary/aromatic N) is 1. The van der Waals surface area contributed by atoms with Gasteiger partial charge in [-0.25, -0.2) is 4.79 Å². The number of carbonyl (C=O) groups is 3. The summed E-state index contributed by atoms with van der Waals surface area (Å²) in [5.41, 5.74) is 0.193. The zero-order valence-corrected chi connectivity index (χ0v) is 15.3. The van der Waals surface area contributed by atoms with Crippen molar-refractivity contribution in [1.82, 2.24) is 0 Å². The van der Waals surface area contributed by atoms with Gasteiger partial charge < -0.3 is 14.8 Å². The van der Waals surface area contributed by atoms with E-state index >= 15 is 0 Å². The van der Waals surface area contributed by atoms with Gasteiger partial charge in [0.1, 0.15) is 16.9 Å². The summed E-state index contributed by atoms with van der Waals surface area (Å²) in [6.07, 6.45) is 0. The third-order valence-electron chi connectivity index (χ3n) is 4.41. The lowest BCUT2D eigenvalue weighted by atomic mass is 9.96. The van der Waals surface area contributed by atoms with Crippen molar-refractivity contribution in [1.29, 1.82) is 0 Å². The van der Waals surface area contributed by atoms with Gasteiger partial charge in [-0.05, 0) is 38.1 Å². The number of hydrogen-bond donors (Lipinski definition) is 1. The summed E-state index contributed by atoms with van der Waals surface area (Å²) in [7, 11) is 1.45. The first-order chi connectivity index (χ1) is 12.9. The average Bonchev–Trinajstić information content (AvgIpc) is 2.66. The van der Waals surface area contributed by atoms with Gasteiger partial charge >= 0.3 is 5.97 Å². The summed E-state index contributed by atoms with van der Waals surface area (Å²) < 4.78 is 10.3. The number of ether oxygens (including phenoxy) is 2. The Labute approximate surface area is 156 Å². The smallest absolute Gasteiger partial charge is 0.342 e. The van der Waals surface area contributed by atoms with Crippen molar-refractivity contribution >= 4 is 29.2 Å². The molecule has 1 aliphatic rings. The molecule has 7 nitrogen and oxygen atoms in total. The van der Waals surface area contributed by atoms with E-state index < -0.39 is 24.0 Å². The Morgan fingerprint density at radius 1 is 1.07 bits per heavy atom. The van der Waals surface area contributed by atoms with Crippen LogP contribution >= 0.6 is 0 Å². The van der Waals surface area contributed by atoms with Gasteiger partial charge in [-0.15, -0.1) is 0 Å². The van der Waals surface area contributed by atoms with Crippen molar-refractivity contribution in [2.24, 2.45) is 0 Å². The molecule has 1 aliphatic heterocycles. The first-order valence-electron chi connectivity index (χ1n) is 8.40. The largest absolute Gasteiger partial charge is 0.496 e. The molecule has 140 valence electrons. The highest BCUT2D eigenvalue weighted by molar-refractivity contribution is 6.14. The third kappa shape index (κ3) is 3.36. The number of para-hydroxylation sites is 3. The molecule has 27 heavy (non-hydrogen) atoms. The Bertz CT molecular complexity index is 907.